The molecule has 1 aromatic rings. The topological polar surface area (TPSA) is 15.3 Å². The van der Waals surface area contributed by atoms with Crippen molar-refractivity contribution in [3.05, 3.63) is 34.9 Å². The molecule has 0 aromatic heterocycles. The summed E-state index contributed by atoms with van der Waals surface area (Å²) in [5.41, 5.74) is 1.27. The molecule has 1 aliphatic heterocycles. The van der Waals surface area contributed by atoms with Gasteiger partial charge in [-0.15, -0.1) is 0 Å². The molecule has 2 rings (SSSR count). The number of benzene rings is 1. The van der Waals surface area contributed by atoms with Gasteiger partial charge in [-0.2, -0.15) is 0 Å². The van der Waals surface area contributed by atoms with Gasteiger partial charge in [-0.25, -0.2) is 0 Å². The molecule has 18 heavy (non-hydrogen) atoms. The lowest BCUT2D eigenvalue weighted by Crippen LogP contribution is -2.36. The maximum absolute atomic E-state index is 6.03. The van der Waals surface area contributed by atoms with E-state index in [0.717, 1.165) is 11.6 Å². The molecule has 1 saturated heterocycles. The normalized spacial score (nSPS) is 22.6. The molecule has 2 unspecified atom stereocenters. The van der Waals surface area contributed by atoms with Gasteiger partial charge in [0.1, 0.15) is 0 Å². The zero-order valence-corrected chi connectivity index (χ0v) is 12.2. The summed E-state index contributed by atoms with van der Waals surface area (Å²) in [5, 5.41) is 4.52. The molecule has 0 saturated carbocycles. The Kier molecular flexibility index (Phi) is 4.66. The van der Waals surface area contributed by atoms with Crippen molar-refractivity contribution in [3.8, 4) is 0 Å². The molecule has 2 nitrogen and oxygen atoms in total. The highest BCUT2D eigenvalue weighted by Gasteiger charge is 2.25. The fourth-order valence-electron chi connectivity index (χ4n) is 2.62. The highest BCUT2D eigenvalue weighted by atomic mass is 35.5. The first-order chi connectivity index (χ1) is 8.56. The Bertz CT molecular complexity index is 392. The number of rotatable bonds is 4. The van der Waals surface area contributed by atoms with Gasteiger partial charge < -0.3 is 5.32 Å². The number of hydrogen-bond donors (Lipinski definition) is 1. The van der Waals surface area contributed by atoms with Crippen molar-refractivity contribution in [1.29, 1.82) is 0 Å². The van der Waals surface area contributed by atoms with E-state index < -0.39 is 0 Å². The van der Waals surface area contributed by atoms with Crippen molar-refractivity contribution in [2.45, 2.75) is 45.3 Å². The second kappa shape index (κ2) is 6.05. The Morgan fingerprint density at radius 1 is 1.33 bits per heavy atom. The number of hydrogen-bond acceptors (Lipinski definition) is 2. The van der Waals surface area contributed by atoms with Gasteiger partial charge in [0.15, 0.2) is 0 Å². The van der Waals surface area contributed by atoms with Crippen molar-refractivity contribution in [1.82, 2.24) is 10.2 Å². The fraction of sp³-hybridized carbons (Fsp3) is 0.600. The summed E-state index contributed by atoms with van der Waals surface area (Å²) in [6, 6.07) is 9.74. The lowest BCUT2D eigenvalue weighted by atomic mass is 10.1. The highest BCUT2D eigenvalue weighted by molar-refractivity contribution is 6.30. The van der Waals surface area contributed by atoms with E-state index >= 15 is 0 Å². The van der Waals surface area contributed by atoms with Crippen LogP contribution in [0.4, 0.5) is 0 Å². The van der Waals surface area contributed by atoms with Gasteiger partial charge in [-0.05, 0) is 51.4 Å². The average Bonchev–Trinajstić information content (AvgIpc) is 2.77. The Balaban J connectivity index is 1.90. The maximum atomic E-state index is 6.03. The lowest BCUT2D eigenvalue weighted by molar-refractivity contribution is 0.266. The van der Waals surface area contributed by atoms with Gasteiger partial charge in [0, 0.05) is 29.7 Å². The van der Waals surface area contributed by atoms with Crippen LogP contribution in [0.25, 0.3) is 0 Å². The SMILES string of the molecule is CC(NC1CCN(C(C)C)C1)c1cccc(Cl)c1. The summed E-state index contributed by atoms with van der Waals surface area (Å²) in [7, 11) is 0. The van der Waals surface area contributed by atoms with Crippen LogP contribution in [0.1, 0.15) is 38.8 Å². The van der Waals surface area contributed by atoms with Gasteiger partial charge >= 0.3 is 0 Å². The first-order valence-electron chi connectivity index (χ1n) is 6.82. The molecule has 1 heterocycles. The van der Waals surface area contributed by atoms with Crippen LogP contribution in [-0.4, -0.2) is 30.1 Å². The zero-order valence-electron chi connectivity index (χ0n) is 11.5. The molecule has 2 atom stereocenters. The predicted molar refractivity (Wildman–Crippen MR) is 78.1 cm³/mol. The molecular formula is C15H23ClN2. The third-order valence-electron chi connectivity index (χ3n) is 3.78. The van der Waals surface area contributed by atoms with Gasteiger partial charge in [-0.1, -0.05) is 23.7 Å². The van der Waals surface area contributed by atoms with Crippen molar-refractivity contribution < 1.29 is 0 Å². The lowest BCUT2D eigenvalue weighted by Gasteiger charge is -2.23. The summed E-state index contributed by atoms with van der Waals surface area (Å²) in [6.45, 7) is 9.11. The molecule has 1 N–H and O–H groups in total. The molecule has 0 radical (unpaired) electrons. The van der Waals surface area contributed by atoms with Gasteiger partial charge in [-0.3, -0.25) is 4.90 Å². The molecule has 0 bridgehead atoms. The van der Waals surface area contributed by atoms with Crippen LogP contribution < -0.4 is 5.32 Å². The standard InChI is InChI=1S/C15H23ClN2/c1-11(2)18-8-7-15(10-18)17-12(3)13-5-4-6-14(16)9-13/h4-6,9,11-12,15,17H,7-8,10H2,1-3H3. The number of halogens is 1. The summed E-state index contributed by atoms with van der Waals surface area (Å²) in [4.78, 5) is 2.53. The fourth-order valence-corrected chi connectivity index (χ4v) is 2.82. The molecule has 1 fully saturated rings. The molecule has 0 aliphatic carbocycles. The summed E-state index contributed by atoms with van der Waals surface area (Å²) < 4.78 is 0. The van der Waals surface area contributed by atoms with E-state index in [4.69, 9.17) is 11.6 Å². The monoisotopic (exact) mass is 266 g/mol. The minimum atomic E-state index is 0.362. The largest absolute Gasteiger partial charge is 0.306 e. The van der Waals surface area contributed by atoms with Crippen LogP contribution in [0.5, 0.6) is 0 Å². The molecule has 3 heteroatoms. The minimum Gasteiger partial charge on any atom is -0.306 e. The van der Waals surface area contributed by atoms with E-state index in [9.17, 15) is 0 Å². The second-order valence-electron chi connectivity index (χ2n) is 5.52. The highest BCUT2D eigenvalue weighted by Crippen LogP contribution is 2.20. The van der Waals surface area contributed by atoms with Crippen LogP contribution in [0, 0.1) is 0 Å². The minimum absolute atomic E-state index is 0.362. The van der Waals surface area contributed by atoms with E-state index in [1.807, 2.05) is 18.2 Å². The quantitative estimate of drug-likeness (QED) is 0.898. The van der Waals surface area contributed by atoms with E-state index in [1.54, 1.807) is 0 Å². The first-order valence-corrected chi connectivity index (χ1v) is 7.19. The van der Waals surface area contributed by atoms with Crippen molar-refractivity contribution in [2.24, 2.45) is 0 Å². The van der Waals surface area contributed by atoms with Crippen molar-refractivity contribution in [3.63, 3.8) is 0 Å². The van der Waals surface area contributed by atoms with Crippen molar-refractivity contribution in [2.75, 3.05) is 13.1 Å². The van der Waals surface area contributed by atoms with Crippen LogP contribution in [0.2, 0.25) is 5.02 Å². The van der Waals surface area contributed by atoms with Crippen LogP contribution in [-0.2, 0) is 0 Å². The Morgan fingerprint density at radius 3 is 2.72 bits per heavy atom. The molecule has 1 aromatic carbocycles. The van der Waals surface area contributed by atoms with Gasteiger partial charge in [0.25, 0.3) is 0 Å². The molecule has 1 aliphatic rings. The summed E-state index contributed by atoms with van der Waals surface area (Å²) >= 11 is 6.03. The third-order valence-corrected chi connectivity index (χ3v) is 4.02. The van der Waals surface area contributed by atoms with Crippen LogP contribution >= 0.6 is 11.6 Å². The van der Waals surface area contributed by atoms with Crippen LogP contribution in [0.3, 0.4) is 0 Å². The zero-order chi connectivity index (χ0) is 13.1. The second-order valence-corrected chi connectivity index (χ2v) is 5.95. The maximum Gasteiger partial charge on any atom is 0.0409 e. The van der Waals surface area contributed by atoms with Gasteiger partial charge in [0.2, 0.25) is 0 Å². The van der Waals surface area contributed by atoms with Crippen molar-refractivity contribution >= 4 is 11.6 Å². The molecular weight excluding hydrogens is 244 g/mol. The molecule has 0 amide bonds. The first kappa shape index (κ1) is 13.9. The molecule has 0 spiro atoms. The summed E-state index contributed by atoms with van der Waals surface area (Å²) in [5.74, 6) is 0. The average molecular weight is 267 g/mol. The third kappa shape index (κ3) is 3.47. The number of nitrogens with one attached hydrogen (secondary N) is 1. The predicted octanol–water partition coefficient (Wildman–Crippen LogP) is 3.47. The molecule has 100 valence electrons. The van der Waals surface area contributed by atoms with E-state index in [2.05, 4.69) is 37.1 Å². The van der Waals surface area contributed by atoms with E-state index in [1.165, 1.54) is 18.5 Å². The Labute approximate surface area is 115 Å². The van der Waals surface area contributed by atoms with E-state index in [-0.39, 0.29) is 0 Å². The number of nitrogens with zero attached hydrogens (tertiary/aromatic N) is 1. The Hall–Kier alpha value is -0.570. The summed E-state index contributed by atoms with van der Waals surface area (Å²) in [6.07, 6.45) is 1.24. The Morgan fingerprint density at radius 2 is 2.11 bits per heavy atom. The van der Waals surface area contributed by atoms with Crippen LogP contribution in [0.15, 0.2) is 24.3 Å². The van der Waals surface area contributed by atoms with E-state index in [0.29, 0.717) is 18.1 Å². The van der Waals surface area contributed by atoms with Gasteiger partial charge in [0.05, 0.1) is 0 Å². The smallest absolute Gasteiger partial charge is 0.0409 e. The number of likely N-dealkylation sites (tertiary alicyclic amines) is 1.